The molecule has 0 spiro atoms. The van der Waals surface area contributed by atoms with E-state index in [-0.39, 0.29) is 11.9 Å². The molecule has 1 aromatic rings. The maximum Gasteiger partial charge on any atom is 0.234 e. The van der Waals surface area contributed by atoms with Gasteiger partial charge in [0, 0.05) is 12.2 Å². The zero-order valence-electron chi connectivity index (χ0n) is 8.07. The predicted molar refractivity (Wildman–Crippen MR) is 54.6 cm³/mol. The van der Waals surface area contributed by atoms with E-state index in [4.69, 9.17) is 5.26 Å². The largest absolute Gasteiger partial charge is 0.367 e. The number of nitrogens with one attached hydrogen (secondary N) is 1. The van der Waals surface area contributed by atoms with Crippen molar-refractivity contribution in [2.24, 2.45) is 0 Å². The summed E-state index contributed by atoms with van der Waals surface area (Å²) in [5.41, 5.74) is 0. The molecule has 1 aromatic heterocycles. The molecule has 1 atom stereocenters. The molecule has 0 aliphatic heterocycles. The van der Waals surface area contributed by atoms with E-state index in [0.717, 1.165) is 6.42 Å². The van der Waals surface area contributed by atoms with E-state index < -0.39 is 0 Å². The van der Waals surface area contributed by atoms with E-state index >= 15 is 0 Å². The van der Waals surface area contributed by atoms with Crippen molar-refractivity contribution in [3.05, 3.63) is 30.7 Å². The molecule has 0 saturated carbocycles. The standard InChI is InChI=1S/C10H12N4/c1-3-4-8(2)13-9-5-6-12-10(7-11)14-9/h3,5-6,8H,1,4H2,2H3,(H,12,13,14). The fraction of sp³-hybridized carbons (Fsp3) is 0.300. The molecule has 0 aliphatic carbocycles. The third kappa shape index (κ3) is 2.87. The van der Waals surface area contributed by atoms with Crippen LogP contribution >= 0.6 is 0 Å². The number of rotatable bonds is 4. The second-order valence-corrected chi connectivity index (χ2v) is 2.95. The second-order valence-electron chi connectivity index (χ2n) is 2.95. The summed E-state index contributed by atoms with van der Waals surface area (Å²) in [5.74, 6) is 0.853. The van der Waals surface area contributed by atoms with Gasteiger partial charge in [-0.05, 0) is 19.4 Å². The zero-order valence-corrected chi connectivity index (χ0v) is 8.07. The van der Waals surface area contributed by atoms with Gasteiger partial charge in [-0.15, -0.1) is 6.58 Å². The van der Waals surface area contributed by atoms with Gasteiger partial charge in [0.25, 0.3) is 0 Å². The van der Waals surface area contributed by atoms with Gasteiger partial charge < -0.3 is 5.32 Å². The van der Waals surface area contributed by atoms with E-state index in [1.807, 2.05) is 19.1 Å². The van der Waals surface area contributed by atoms with Gasteiger partial charge in [0.05, 0.1) is 0 Å². The quantitative estimate of drug-likeness (QED) is 0.731. The first-order valence-electron chi connectivity index (χ1n) is 4.37. The highest BCUT2D eigenvalue weighted by molar-refractivity contribution is 5.35. The Labute approximate surface area is 83.3 Å². The van der Waals surface area contributed by atoms with Crippen LogP contribution in [-0.2, 0) is 0 Å². The molecule has 14 heavy (non-hydrogen) atoms. The van der Waals surface area contributed by atoms with Gasteiger partial charge in [-0.25, -0.2) is 9.97 Å². The molecule has 1 unspecified atom stereocenters. The average Bonchev–Trinajstić information content (AvgIpc) is 2.18. The lowest BCUT2D eigenvalue weighted by Gasteiger charge is -2.11. The molecule has 0 amide bonds. The molecule has 4 nitrogen and oxygen atoms in total. The Kier molecular flexibility index (Phi) is 3.62. The monoisotopic (exact) mass is 188 g/mol. The summed E-state index contributed by atoms with van der Waals surface area (Å²) in [6.07, 6.45) is 4.25. The molecule has 72 valence electrons. The minimum Gasteiger partial charge on any atom is -0.367 e. The molecule has 0 bridgehead atoms. The van der Waals surface area contributed by atoms with E-state index in [0.29, 0.717) is 5.82 Å². The smallest absolute Gasteiger partial charge is 0.234 e. The highest BCUT2D eigenvalue weighted by atomic mass is 15.0. The number of anilines is 1. The Hall–Kier alpha value is -1.89. The molecule has 1 rings (SSSR count). The van der Waals surface area contributed by atoms with Crippen LogP contribution in [-0.4, -0.2) is 16.0 Å². The van der Waals surface area contributed by atoms with Gasteiger partial charge in [0.15, 0.2) is 0 Å². The van der Waals surface area contributed by atoms with Crippen molar-refractivity contribution < 1.29 is 0 Å². The van der Waals surface area contributed by atoms with Crippen LogP contribution in [0.1, 0.15) is 19.2 Å². The van der Waals surface area contributed by atoms with Crippen LogP contribution in [0.2, 0.25) is 0 Å². The van der Waals surface area contributed by atoms with Crippen molar-refractivity contribution in [2.75, 3.05) is 5.32 Å². The summed E-state index contributed by atoms with van der Waals surface area (Å²) in [7, 11) is 0. The van der Waals surface area contributed by atoms with Gasteiger partial charge in [0.2, 0.25) is 5.82 Å². The van der Waals surface area contributed by atoms with Crippen LogP contribution in [0.25, 0.3) is 0 Å². The van der Waals surface area contributed by atoms with Gasteiger partial charge in [-0.3, -0.25) is 0 Å². The Morgan fingerprint density at radius 1 is 1.79 bits per heavy atom. The highest BCUT2D eigenvalue weighted by Gasteiger charge is 2.01. The van der Waals surface area contributed by atoms with Gasteiger partial charge in [0.1, 0.15) is 11.9 Å². The van der Waals surface area contributed by atoms with Crippen LogP contribution in [0.4, 0.5) is 5.82 Å². The average molecular weight is 188 g/mol. The van der Waals surface area contributed by atoms with E-state index in [1.165, 1.54) is 0 Å². The van der Waals surface area contributed by atoms with Gasteiger partial charge in [-0.2, -0.15) is 5.26 Å². The fourth-order valence-electron chi connectivity index (χ4n) is 1.05. The highest BCUT2D eigenvalue weighted by Crippen LogP contribution is 2.05. The zero-order chi connectivity index (χ0) is 10.4. The molecule has 4 heteroatoms. The summed E-state index contributed by atoms with van der Waals surface area (Å²) in [6.45, 7) is 5.67. The first-order valence-corrected chi connectivity index (χ1v) is 4.37. The van der Waals surface area contributed by atoms with E-state index in [2.05, 4.69) is 21.9 Å². The minimum absolute atomic E-state index is 0.181. The van der Waals surface area contributed by atoms with Crippen molar-refractivity contribution in [1.29, 1.82) is 5.26 Å². The van der Waals surface area contributed by atoms with Crippen LogP contribution in [0, 0.1) is 11.3 Å². The van der Waals surface area contributed by atoms with E-state index in [1.54, 1.807) is 12.3 Å². The Balaban J connectivity index is 2.67. The lowest BCUT2D eigenvalue weighted by atomic mass is 10.2. The molecule has 0 fully saturated rings. The summed E-state index contributed by atoms with van der Waals surface area (Å²) in [5, 5.41) is 11.7. The topological polar surface area (TPSA) is 61.6 Å². The van der Waals surface area contributed by atoms with Gasteiger partial charge in [-0.1, -0.05) is 6.08 Å². The summed E-state index contributed by atoms with van der Waals surface area (Å²) in [4.78, 5) is 7.77. The SMILES string of the molecule is C=CCC(C)Nc1ccnc(C#N)n1. The maximum absolute atomic E-state index is 8.58. The molecule has 0 saturated heterocycles. The maximum atomic E-state index is 8.58. The predicted octanol–water partition coefficient (Wildman–Crippen LogP) is 1.72. The molecule has 0 radical (unpaired) electrons. The first-order chi connectivity index (χ1) is 6.76. The molecule has 0 aliphatic rings. The third-order valence-electron chi connectivity index (χ3n) is 1.67. The van der Waals surface area contributed by atoms with Crippen LogP contribution < -0.4 is 5.32 Å². The number of nitrogens with zero attached hydrogens (tertiary/aromatic N) is 3. The summed E-state index contributed by atoms with van der Waals surface area (Å²) < 4.78 is 0. The van der Waals surface area contributed by atoms with Gasteiger partial charge >= 0.3 is 0 Å². The van der Waals surface area contributed by atoms with Crippen molar-refractivity contribution in [3.63, 3.8) is 0 Å². The van der Waals surface area contributed by atoms with Crippen molar-refractivity contribution in [3.8, 4) is 6.07 Å². The number of aromatic nitrogens is 2. The fourth-order valence-corrected chi connectivity index (χ4v) is 1.05. The van der Waals surface area contributed by atoms with Crippen molar-refractivity contribution in [2.45, 2.75) is 19.4 Å². The molecular formula is C10H12N4. The lowest BCUT2D eigenvalue weighted by molar-refractivity contribution is 0.805. The summed E-state index contributed by atoms with van der Waals surface area (Å²) >= 11 is 0. The minimum atomic E-state index is 0.181. The van der Waals surface area contributed by atoms with Crippen molar-refractivity contribution >= 4 is 5.82 Å². The normalized spacial score (nSPS) is 11.4. The Morgan fingerprint density at radius 2 is 2.57 bits per heavy atom. The lowest BCUT2D eigenvalue weighted by Crippen LogP contribution is -2.15. The molecular weight excluding hydrogens is 176 g/mol. The Morgan fingerprint density at radius 3 is 3.21 bits per heavy atom. The number of nitriles is 1. The summed E-state index contributed by atoms with van der Waals surface area (Å²) in [6, 6.07) is 3.89. The molecule has 1 heterocycles. The van der Waals surface area contributed by atoms with Crippen LogP contribution in [0.3, 0.4) is 0 Å². The Bertz CT molecular complexity index is 353. The molecule has 1 N–H and O–H groups in total. The second kappa shape index (κ2) is 4.97. The van der Waals surface area contributed by atoms with E-state index in [9.17, 15) is 0 Å². The number of hydrogen-bond acceptors (Lipinski definition) is 4. The van der Waals surface area contributed by atoms with Crippen LogP contribution in [0.15, 0.2) is 24.9 Å². The number of hydrogen-bond donors (Lipinski definition) is 1. The molecule has 0 aromatic carbocycles. The first kappa shape index (κ1) is 10.2. The van der Waals surface area contributed by atoms with Crippen LogP contribution in [0.5, 0.6) is 0 Å². The third-order valence-corrected chi connectivity index (χ3v) is 1.67. The van der Waals surface area contributed by atoms with Crippen molar-refractivity contribution in [1.82, 2.24) is 9.97 Å².